The van der Waals surface area contributed by atoms with Crippen molar-refractivity contribution in [3.05, 3.63) is 166 Å². The predicted molar refractivity (Wildman–Crippen MR) is 306 cm³/mol. The van der Waals surface area contributed by atoms with E-state index in [9.17, 15) is 24.0 Å². The summed E-state index contributed by atoms with van der Waals surface area (Å²) in [5.41, 5.74) is 5.31. The molecule has 0 spiro atoms. The van der Waals surface area contributed by atoms with Crippen LogP contribution >= 0.6 is 0 Å². The van der Waals surface area contributed by atoms with E-state index in [1.165, 1.54) is 16.8 Å². The van der Waals surface area contributed by atoms with E-state index < -0.39 is 72.2 Å². The Bertz CT molecular complexity index is 3510. The van der Waals surface area contributed by atoms with Gasteiger partial charge in [0.1, 0.15) is 23.6 Å². The van der Waals surface area contributed by atoms with Crippen LogP contribution in [0.1, 0.15) is 102 Å². The van der Waals surface area contributed by atoms with Crippen LogP contribution in [-0.2, 0) is 27.3 Å². The summed E-state index contributed by atoms with van der Waals surface area (Å²) < 4.78 is 76.8. The number of amides is 4. The number of Topliss-reactive ketones (excluding diaryl/α,β-unsaturated/α-hetero) is 1. The Hall–Kier alpha value is -9.22. The largest absolute Gasteiger partial charge is 0.737 e. The molecule has 4 aromatic carbocycles. The van der Waals surface area contributed by atoms with Crippen LogP contribution in [0.25, 0.3) is 11.8 Å². The summed E-state index contributed by atoms with van der Waals surface area (Å²) in [5, 5.41) is 27.6. The normalized spacial score (nSPS) is 13.7. The van der Waals surface area contributed by atoms with Gasteiger partial charge in [-0.1, -0.05) is 11.3 Å². The van der Waals surface area contributed by atoms with E-state index in [2.05, 4.69) is 41.8 Å². The molecule has 0 fully saturated rings. The minimum Gasteiger partial charge on any atom is -0.480 e. The zero-order valence-corrected chi connectivity index (χ0v) is 47.1. The number of fused-ring (bicyclic) bond motifs is 2. The van der Waals surface area contributed by atoms with Crippen LogP contribution in [0.2, 0.25) is 0 Å². The van der Waals surface area contributed by atoms with Crippen LogP contribution in [0.5, 0.6) is 5.75 Å². The van der Waals surface area contributed by atoms with Crippen molar-refractivity contribution in [1.82, 2.24) is 40.7 Å². The average molecular weight is 1140 g/mol. The zero-order valence-electron chi connectivity index (χ0n) is 47.1. The third-order valence-corrected chi connectivity index (χ3v) is 13.6. The number of allylic oxidation sites excluding steroid dienone is 2. The maximum Gasteiger partial charge on any atom is 0.737 e. The van der Waals surface area contributed by atoms with Gasteiger partial charge < -0.3 is 53.2 Å². The molecule has 4 heterocycles. The first-order chi connectivity index (χ1) is 39.5. The lowest BCUT2D eigenvalue weighted by molar-refractivity contribution is -0.362. The van der Waals surface area contributed by atoms with Gasteiger partial charge in [0.25, 0.3) is 11.8 Å². The third kappa shape index (κ3) is 15.4. The van der Waals surface area contributed by atoms with Crippen molar-refractivity contribution in [2.24, 2.45) is 10.2 Å². The van der Waals surface area contributed by atoms with E-state index in [1.54, 1.807) is 102 Å². The summed E-state index contributed by atoms with van der Waals surface area (Å²) in [4.78, 5) is 67.7. The second kappa shape index (κ2) is 26.1. The number of benzene rings is 4. The molecule has 83 heavy (non-hydrogen) atoms. The second-order valence-electron chi connectivity index (χ2n) is 21.3. The highest BCUT2D eigenvalue weighted by Gasteiger charge is 2.52. The first-order valence-corrected chi connectivity index (χ1v) is 27.1. The standard InChI is InChI=1S/C59H65BF4N12O7/c1-37-29-38(2)75-52(37)33-48-23-22-46(76(48)60(75,63)64)24-25-54(78)67-34-44-35-74(72-71-44)47-12-10-11-41(32-47)57(80)68-51(13-8-9-27-66-58(81)83-59(3,4)5)53(77)36-82-55-49(61)30-39(31-50(55)62)26-28-65-56(79)40-14-16-42(17-15-40)69-70-43-18-20-45(21-19-43)73(6)7/h10-12,14-23,29-33,35,51H,8-9,13,24-28,34,36H2,1-7H3,(H,65,79)(H,66,81)(H,67,78)(H,68,80)/t51-/m0/s1. The Morgan fingerprint density at radius 1 is 0.807 bits per heavy atom. The number of carbonyl (C=O) groups is 5. The number of carbonyl (C=O) groups excluding carboxylic acids is 5. The van der Waals surface area contributed by atoms with Gasteiger partial charge in [0, 0.05) is 80.8 Å². The molecule has 1 atom stereocenters. The molecule has 6 aromatic rings. The second-order valence-corrected chi connectivity index (χ2v) is 21.3. The number of halogens is 4. The summed E-state index contributed by atoms with van der Waals surface area (Å²) in [7, 11) is 3.88. The molecule has 0 unspecified atom stereocenters. The maximum absolute atomic E-state index is 15.9. The molecule has 2 aliphatic heterocycles. The Morgan fingerprint density at radius 2 is 1.51 bits per heavy atom. The number of alkyl carbamates (subject to hydrolysis) is 1. The lowest BCUT2D eigenvalue weighted by Gasteiger charge is -2.30. The van der Waals surface area contributed by atoms with Gasteiger partial charge in [-0.25, -0.2) is 18.3 Å². The molecule has 8 rings (SSSR count). The van der Waals surface area contributed by atoms with Crippen LogP contribution in [0.3, 0.4) is 0 Å². The zero-order chi connectivity index (χ0) is 59.6. The van der Waals surface area contributed by atoms with Gasteiger partial charge in [-0.15, -0.1) is 5.10 Å². The first kappa shape index (κ1) is 59.9. The number of nitrogens with one attached hydrogen (secondary N) is 4. The summed E-state index contributed by atoms with van der Waals surface area (Å²) in [6, 6.07) is 22.9. The number of ether oxygens (including phenoxy) is 2. The minimum atomic E-state index is -4.17. The van der Waals surface area contributed by atoms with Gasteiger partial charge in [-0.3, -0.25) is 19.2 Å². The number of aromatic nitrogens is 4. The molecule has 19 nitrogen and oxygen atoms in total. The van der Waals surface area contributed by atoms with Gasteiger partial charge in [0.15, 0.2) is 28.9 Å². The third-order valence-electron chi connectivity index (χ3n) is 13.6. The number of ketones is 1. The number of unbranched alkanes of at least 4 members (excludes halogenated alkanes) is 1. The summed E-state index contributed by atoms with van der Waals surface area (Å²) in [6.07, 6.45) is 6.71. The van der Waals surface area contributed by atoms with Crippen LogP contribution in [0.4, 0.5) is 39.3 Å². The molecule has 0 radical (unpaired) electrons. The SMILES string of the molecule is Cc1cc(C)n2c1C=C1C=CC(CCC(=O)NCc3cn(-c4cccc(C(=O)N[C@@H](CCCCNC(=O)OC(C)(C)C)C(=O)COc5c(F)cc(CCNC(=O)c6ccc(N=Nc7ccc(N(C)C)cc7)cc6)cc5F)c4)nn3)=[N+]1[B-]2(F)F. The Balaban J connectivity index is 0.838. The maximum atomic E-state index is 15.9. The topological polar surface area (TPSA) is 219 Å². The van der Waals surface area contributed by atoms with Crippen LogP contribution < -0.4 is 30.9 Å². The fourth-order valence-corrected chi connectivity index (χ4v) is 9.42. The molecule has 0 bridgehead atoms. The van der Waals surface area contributed by atoms with Gasteiger partial charge in [-0.2, -0.15) is 10.2 Å². The van der Waals surface area contributed by atoms with E-state index in [0.29, 0.717) is 64.0 Å². The van der Waals surface area contributed by atoms with Crippen molar-refractivity contribution in [2.75, 3.05) is 38.7 Å². The van der Waals surface area contributed by atoms with Crippen molar-refractivity contribution < 1.29 is 55.3 Å². The lowest BCUT2D eigenvalue weighted by atomic mass is 9.90. The average Bonchev–Trinajstić information content (AvgIpc) is 2.09. The molecular weight excluding hydrogens is 1080 g/mol. The number of aryl methyl sites for hydroxylation is 2. The van der Waals surface area contributed by atoms with Crippen molar-refractivity contribution >= 4 is 65.4 Å². The van der Waals surface area contributed by atoms with Crippen molar-refractivity contribution in [2.45, 2.75) is 91.3 Å². The number of rotatable bonds is 24. The quantitative estimate of drug-likeness (QED) is 0.0195. The highest BCUT2D eigenvalue weighted by molar-refractivity contribution is 6.58. The summed E-state index contributed by atoms with van der Waals surface area (Å²) >= 11 is 0. The lowest BCUT2D eigenvalue weighted by Crippen LogP contribution is -2.50. The molecule has 4 amide bonds. The van der Waals surface area contributed by atoms with Crippen LogP contribution in [0.15, 0.2) is 125 Å². The fraction of sp³-hybridized carbons (Fsp3) is 0.322. The minimum absolute atomic E-state index is 0.0254. The van der Waals surface area contributed by atoms with Crippen molar-refractivity contribution in [3.8, 4) is 11.4 Å². The van der Waals surface area contributed by atoms with Gasteiger partial charge >= 0.3 is 13.1 Å². The molecule has 0 aliphatic carbocycles. The van der Waals surface area contributed by atoms with E-state index >= 15 is 17.4 Å². The highest BCUT2D eigenvalue weighted by Crippen LogP contribution is 2.35. The molecule has 0 saturated heterocycles. The number of azo groups is 1. The Morgan fingerprint density at radius 3 is 2.19 bits per heavy atom. The highest BCUT2D eigenvalue weighted by atomic mass is 19.2. The van der Waals surface area contributed by atoms with E-state index in [0.717, 1.165) is 32.3 Å². The number of anilines is 1. The van der Waals surface area contributed by atoms with E-state index in [4.69, 9.17) is 9.47 Å². The number of hydrogen-bond donors (Lipinski definition) is 4. The van der Waals surface area contributed by atoms with Crippen molar-refractivity contribution in [1.29, 1.82) is 0 Å². The fourth-order valence-electron chi connectivity index (χ4n) is 9.42. The smallest absolute Gasteiger partial charge is 0.480 e. The Kier molecular flexibility index (Phi) is 18.9. The van der Waals surface area contributed by atoms with Gasteiger partial charge in [0.2, 0.25) is 5.91 Å². The van der Waals surface area contributed by atoms with Crippen LogP contribution in [-0.4, -0.2) is 112 Å². The summed E-state index contributed by atoms with van der Waals surface area (Å²) in [6.45, 7) is 3.85. The molecule has 2 aromatic heterocycles. The van der Waals surface area contributed by atoms with Gasteiger partial charge in [0.05, 0.1) is 35.8 Å². The summed E-state index contributed by atoms with van der Waals surface area (Å²) in [5.74, 6) is -5.12. The van der Waals surface area contributed by atoms with Gasteiger partial charge in [-0.05, 0) is 162 Å². The van der Waals surface area contributed by atoms with Crippen molar-refractivity contribution in [3.63, 3.8) is 0 Å². The number of hydrogen-bond acceptors (Lipinski definition) is 12. The molecule has 2 aliphatic rings. The van der Waals surface area contributed by atoms with E-state index in [-0.39, 0.29) is 56.4 Å². The molecule has 4 N–H and O–H groups in total. The van der Waals surface area contributed by atoms with E-state index in [1.807, 2.05) is 43.3 Å². The van der Waals surface area contributed by atoms with Crippen LogP contribution in [0, 0.1) is 25.5 Å². The Labute approximate surface area is 477 Å². The first-order valence-electron chi connectivity index (χ1n) is 27.1. The molecule has 24 heteroatoms. The predicted octanol–water partition coefficient (Wildman–Crippen LogP) is 9.56. The number of nitrogens with zero attached hydrogens (tertiary/aromatic N) is 8. The monoisotopic (exact) mass is 1140 g/mol. The molecule has 434 valence electrons. The molecular formula is C59H65BF4N12O7. The molecule has 0 saturated carbocycles.